The number of aromatic nitrogens is 2. The van der Waals surface area contributed by atoms with Gasteiger partial charge in [-0.15, -0.1) is 0 Å². The van der Waals surface area contributed by atoms with Gasteiger partial charge in [-0.3, -0.25) is 0 Å². The van der Waals surface area contributed by atoms with Crippen molar-refractivity contribution in [1.82, 2.24) is 9.55 Å². The molecule has 0 N–H and O–H groups in total. The fraction of sp³-hybridized carbons (Fsp3) is 0.700. The summed E-state index contributed by atoms with van der Waals surface area (Å²) in [6.45, 7) is 7.12. The molecule has 16 heavy (non-hydrogen) atoms. The zero-order valence-corrected chi connectivity index (χ0v) is 10.6. The minimum absolute atomic E-state index is 0.105. The van der Waals surface area contributed by atoms with Gasteiger partial charge in [-0.25, -0.2) is 0 Å². The minimum atomic E-state index is -0.483. The Labute approximate surface area is 100 Å². The van der Waals surface area contributed by atoms with Crippen LogP contribution in [0.25, 0.3) is 0 Å². The minimum Gasteiger partial charge on any atom is -0.358 e. The highest BCUT2D eigenvalue weighted by atomic mass is 32.1. The molecule has 1 unspecified atom stereocenters. The molecule has 0 bridgehead atoms. The molecule has 0 aliphatic rings. The van der Waals surface area contributed by atoms with Crippen LogP contribution in [0.5, 0.6) is 0 Å². The molecule has 0 radical (unpaired) electrons. The first-order valence-electron chi connectivity index (χ1n) is 5.11. The first-order valence-corrected chi connectivity index (χ1v) is 5.75. The second kappa shape index (κ2) is 4.86. The summed E-state index contributed by atoms with van der Waals surface area (Å²) in [6.07, 6.45) is 2.96. The van der Waals surface area contributed by atoms with Crippen molar-refractivity contribution in [3.63, 3.8) is 0 Å². The molecule has 6 heteroatoms. The van der Waals surface area contributed by atoms with Gasteiger partial charge in [0.1, 0.15) is 6.20 Å². The average molecular weight is 243 g/mol. The molecule has 0 aliphatic carbocycles. The lowest BCUT2D eigenvalue weighted by Gasteiger charge is -2.29. The standard InChI is InChI=1S/C10H17N3O2S/c1-10(2,3)8(6-16)4-12-5-9(11-7-12)13(14)15/h5,7-8,16H,4,6H2,1-3H3. The lowest BCUT2D eigenvalue weighted by molar-refractivity contribution is -0.389. The second-order valence-electron chi connectivity index (χ2n) is 4.93. The molecule has 1 heterocycles. The highest BCUT2D eigenvalue weighted by molar-refractivity contribution is 7.80. The summed E-state index contributed by atoms with van der Waals surface area (Å²) >= 11 is 4.32. The van der Waals surface area contributed by atoms with E-state index in [1.165, 1.54) is 12.5 Å². The Morgan fingerprint density at radius 3 is 2.62 bits per heavy atom. The third-order valence-electron chi connectivity index (χ3n) is 2.68. The predicted molar refractivity (Wildman–Crippen MR) is 65.7 cm³/mol. The van der Waals surface area contributed by atoms with Gasteiger partial charge in [0.05, 0.1) is 0 Å². The summed E-state index contributed by atoms with van der Waals surface area (Å²) in [6, 6.07) is 0. The van der Waals surface area contributed by atoms with E-state index in [-0.39, 0.29) is 11.2 Å². The zero-order valence-electron chi connectivity index (χ0n) is 9.75. The predicted octanol–water partition coefficient (Wildman–Crippen LogP) is 2.38. The molecule has 1 aromatic heterocycles. The molecule has 0 saturated heterocycles. The van der Waals surface area contributed by atoms with Crippen molar-refractivity contribution in [2.24, 2.45) is 11.3 Å². The number of rotatable bonds is 4. The van der Waals surface area contributed by atoms with E-state index >= 15 is 0 Å². The molecular weight excluding hydrogens is 226 g/mol. The molecule has 0 aliphatic heterocycles. The molecule has 0 amide bonds. The van der Waals surface area contributed by atoms with Crippen molar-refractivity contribution >= 4 is 18.4 Å². The van der Waals surface area contributed by atoms with Crippen LogP contribution in [0.1, 0.15) is 20.8 Å². The maximum atomic E-state index is 10.5. The van der Waals surface area contributed by atoms with Crippen LogP contribution in [0.2, 0.25) is 0 Å². The Hall–Kier alpha value is -1.04. The van der Waals surface area contributed by atoms with Gasteiger partial charge in [-0.05, 0) is 27.0 Å². The zero-order chi connectivity index (χ0) is 12.3. The number of nitrogens with zero attached hydrogens (tertiary/aromatic N) is 3. The van der Waals surface area contributed by atoms with E-state index in [1.54, 1.807) is 4.57 Å². The summed E-state index contributed by atoms with van der Waals surface area (Å²) in [5.41, 5.74) is 0.126. The van der Waals surface area contributed by atoms with Gasteiger partial charge in [0, 0.05) is 6.54 Å². The van der Waals surface area contributed by atoms with Gasteiger partial charge in [0.15, 0.2) is 0 Å². The number of hydrogen-bond donors (Lipinski definition) is 1. The van der Waals surface area contributed by atoms with E-state index in [0.717, 1.165) is 5.75 Å². The lowest BCUT2D eigenvalue weighted by atomic mass is 9.82. The number of thiol groups is 1. The monoisotopic (exact) mass is 243 g/mol. The van der Waals surface area contributed by atoms with Crippen LogP contribution >= 0.6 is 12.6 Å². The largest absolute Gasteiger partial charge is 0.381 e. The third-order valence-corrected chi connectivity index (χ3v) is 3.12. The van der Waals surface area contributed by atoms with Crippen LogP contribution in [0.4, 0.5) is 5.82 Å². The van der Waals surface area contributed by atoms with E-state index < -0.39 is 4.92 Å². The Kier molecular flexibility index (Phi) is 3.96. The Balaban J connectivity index is 2.75. The van der Waals surface area contributed by atoms with Crippen LogP contribution < -0.4 is 0 Å². The molecule has 5 nitrogen and oxygen atoms in total. The third kappa shape index (κ3) is 3.23. The van der Waals surface area contributed by atoms with Gasteiger partial charge in [-0.2, -0.15) is 12.6 Å². The summed E-state index contributed by atoms with van der Waals surface area (Å²) in [7, 11) is 0. The quantitative estimate of drug-likeness (QED) is 0.502. The Morgan fingerprint density at radius 2 is 2.25 bits per heavy atom. The highest BCUT2D eigenvalue weighted by Crippen LogP contribution is 2.28. The molecular formula is C10H17N3O2S. The van der Waals surface area contributed by atoms with Gasteiger partial charge in [0.2, 0.25) is 6.33 Å². The molecule has 0 saturated carbocycles. The van der Waals surface area contributed by atoms with Gasteiger partial charge >= 0.3 is 5.82 Å². The normalized spacial score (nSPS) is 13.8. The van der Waals surface area contributed by atoms with E-state index in [1.807, 2.05) is 0 Å². The summed E-state index contributed by atoms with van der Waals surface area (Å²) in [5, 5.41) is 10.5. The first-order chi connectivity index (χ1) is 7.34. The molecule has 0 spiro atoms. The SMILES string of the molecule is CC(C)(C)C(CS)Cn1cnc([N+](=O)[O-])c1. The number of hydrogen-bond acceptors (Lipinski definition) is 4. The maximum Gasteiger partial charge on any atom is 0.381 e. The molecule has 0 aromatic carbocycles. The Morgan fingerprint density at radius 1 is 1.62 bits per heavy atom. The van der Waals surface area contributed by atoms with Gasteiger partial charge in [-0.1, -0.05) is 20.8 Å². The van der Waals surface area contributed by atoms with Crippen LogP contribution in [0, 0.1) is 21.4 Å². The van der Waals surface area contributed by atoms with Crippen LogP contribution in [-0.4, -0.2) is 20.2 Å². The van der Waals surface area contributed by atoms with Crippen molar-refractivity contribution in [3.8, 4) is 0 Å². The molecule has 0 fully saturated rings. The average Bonchev–Trinajstić information content (AvgIpc) is 2.60. The number of imidazole rings is 1. The van der Waals surface area contributed by atoms with E-state index in [2.05, 4.69) is 38.4 Å². The van der Waals surface area contributed by atoms with Crippen LogP contribution in [0.3, 0.4) is 0 Å². The van der Waals surface area contributed by atoms with Gasteiger partial charge in [0.25, 0.3) is 0 Å². The molecule has 1 rings (SSSR count). The maximum absolute atomic E-state index is 10.5. The van der Waals surface area contributed by atoms with Crippen molar-refractivity contribution in [3.05, 3.63) is 22.6 Å². The second-order valence-corrected chi connectivity index (χ2v) is 5.30. The fourth-order valence-corrected chi connectivity index (χ4v) is 2.07. The van der Waals surface area contributed by atoms with E-state index in [4.69, 9.17) is 0 Å². The Bertz CT molecular complexity index is 370. The highest BCUT2D eigenvalue weighted by Gasteiger charge is 2.24. The van der Waals surface area contributed by atoms with Crippen molar-refractivity contribution in [2.75, 3.05) is 5.75 Å². The smallest absolute Gasteiger partial charge is 0.358 e. The van der Waals surface area contributed by atoms with Crippen LogP contribution in [0.15, 0.2) is 12.5 Å². The van der Waals surface area contributed by atoms with Crippen molar-refractivity contribution < 1.29 is 4.92 Å². The van der Waals surface area contributed by atoms with E-state index in [9.17, 15) is 10.1 Å². The molecule has 1 atom stereocenters. The van der Waals surface area contributed by atoms with Gasteiger partial charge < -0.3 is 14.7 Å². The summed E-state index contributed by atoms with van der Waals surface area (Å²) in [5.74, 6) is 0.992. The lowest BCUT2D eigenvalue weighted by Crippen LogP contribution is -2.26. The van der Waals surface area contributed by atoms with Crippen LogP contribution in [-0.2, 0) is 6.54 Å². The summed E-state index contributed by atoms with van der Waals surface area (Å²) in [4.78, 5) is 13.7. The van der Waals surface area contributed by atoms with E-state index in [0.29, 0.717) is 12.5 Å². The fourth-order valence-electron chi connectivity index (χ4n) is 1.40. The van der Waals surface area contributed by atoms with Crippen molar-refractivity contribution in [2.45, 2.75) is 27.3 Å². The number of nitro groups is 1. The molecule has 1 aromatic rings. The summed E-state index contributed by atoms with van der Waals surface area (Å²) < 4.78 is 1.75. The molecule has 90 valence electrons. The first kappa shape index (κ1) is 13.0. The van der Waals surface area contributed by atoms with Crippen molar-refractivity contribution in [1.29, 1.82) is 0 Å². The topological polar surface area (TPSA) is 61.0 Å².